The van der Waals surface area contributed by atoms with Crippen LogP contribution in [0.25, 0.3) is 5.65 Å². The van der Waals surface area contributed by atoms with E-state index in [1.165, 1.54) is 0 Å². The summed E-state index contributed by atoms with van der Waals surface area (Å²) in [7, 11) is 0. The summed E-state index contributed by atoms with van der Waals surface area (Å²) >= 11 is 0. The second-order valence-electron chi connectivity index (χ2n) is 6.00. The fraction of sp³-hybridized carbons (Fsp3) is 0.238. The molecule has 0 aliphatic carbocycles. The number of aromatic nitrogens is 2. The molecule has 0 aliphatic rings. The maximum Gasteiger partial charge on any atom is 0.255 e. The van der Waals surface area contributed by atoms with Gasteiger partial charge < -0.3 is 9.72 Å². The van der Waals surface area contributed by atoms with E-state index >= 15 is 0 Å². The van der Waals surface area contributed by atoms with Crippen molar-refractivity contribution < 1.29 is 4.79 Å². The Labute approximate surface area is 147 Å². The maximum atomic E-state index is 12.5. The Bertz CT molecular complexity index is 972. The first-order valence-corrected chi connectivity index (χ1v) is 8.40. The van der Waals surface area contributed by atoms with E-state index in [9.17, 15) is 4.79 Å². The summed E-state index contributed by atoms with van der Waals surface area (Å²) in [6.07, 6.45) is 2.73. The second-order valence-corrected chi connectivity index (χ2v) is 6.00. The van der Waals surface area contributed by atoms with Crippen molar-refractivity contribution in [2.45, 2.75) is 33.7 Å². The zero-order valence-electron chi connectivity index (χ0n) is 14.8. The third kappa shape index (κ3) is 3.72. The van der Waals surface area contributed by atoms with Crippen LogP contribution in [0.3, 0.4) is 0 Å². The summed E-state index contributed by atoms with van der Waals surface area (Å²) in [6, 6.07) is 11.7. The van der Waals surface area contributed by atoms with Gasteiger partial charge in [0.2, 0.25) is 0 Å². The van der Waals surface area contributed by atoms with Gasteiger partial charge >= 0.3 is 0 Å². The quantitative estimate of drug-likeness (QED) is 0.745. The lowest BCUT2D eigenvalue weighted by molar-refractivity contribution is 0.0952. The minimum absolute atomic E-state index is 0.116. The van der Waals surface area contributed by atoms with Crippen molar-refractivity contribution >= 4 is 11.6 Å². The second kappa shape index (κ2) is 7.23. The number of amides is 1. The molecule has 25 heavy (non-hydrogen) atoms. The standard InChI is InChI=1S/C21H21N3O/c1-4-5-6-17-7-9-18(10-8-17)14-22-21(25)19-11-12-24-16(3)13-15(2)23-20(19)24/h7-13H,4,14H2,1-3H3,(H,22,25). The van der Waals surface area contributed by atoms with Gasteiger partial charge in [0.25, 0.3) is 5.91 Å². The van der Waals surface area contributed by atoms with E-state index in [4.69, 9.17) is 0 Å². The summed E-state index contributed by atoms with van der Waals surface area (Å²) in [4.78, 5) is 17.0. The van der Waals surface area contributed by atoms with Gasteiger partial charge in [0.15, 0.2) is 0 Å². The zero-order valence-corrected chi connectivity index (χ0v) is 14.8. The highest BCUT2D eigenvalue weighted by Crippen LogP contribution is 2.14. The molecule has 1 amide bonds. The minimum Gasteiger partial charge on any atom is -0.348 e. The number of rotatable bonds is 3. The van der Waals surface area contributed by atoms with Crippen LogP contribution >= 0.6 is 0 Å². The van der Waals surface area contributed by atoms with Crippen molar-refractivity contribution in [3.63, 3.8) is 0 Å². The van der Waals surface area contributed by atoms with Gasteiger partial charge in [-0.15, -0.1) is 0 Å². The summed E-state index contributed by atoms with van der Waals surface area (Å²) in [5, 5.41) is 2.97. The summed E-state index contributed by atoms with van der Waals surface area (Å²) in [5.41, 5.74) is 5.29. The highest BCUT2D eigenvalue weighted by atomic mass is 16.1. The van der Waals surface area contributed by atoms with Crippen LogP contribution < -0.4 is 5.32 Å². The molecule has 0 fully saturated rings. The van der Waals surface area contributed by atoms with Gasteiger partial charge in [0.1, 0.15) is 5.65 Å². The fourth-order valence-electron chi connectivity index (χ4n) is 2.75. The average Bonchev–Trinajstić information content (AvgIpc) is 3.03. The van der Waals surface area contributed by atoms with Gasteiger partial charge in [-0.25, -0.2) is 4.98 Å². The van der Waals surface area contributed by atoms with Crippen LogP contribution in [0.4, 0.5) is 0 Å². The SMILES string of the molecule is CCC#Cc1ccc(CNC(=O)c2ccn3c(C)cc(C)nc23)cc1. The molecule has 0 saturated heterocycles. The molecule has 0 aliphatic heterocycles. The van der Waals surface area contributed by atoms with Crippen molar-refractivity contribution in [3.05, 3.63) is 70.7 Å². The lowest BCUT2D eigenvalue weighted by Crippen LogP contribution is -2.22. The first-order chi connectivity index (χ1) is 12.1. The smallest absolute Gasteiger partial charge is 0.255 e. The van der Waals surface area contributed by atoms with Crippen molar-refractivity contribution in [1.29, 1.82) is 0 Å². The minimum atomic E-state index is -0.116. The highest BCUT2D eigenvalue weighted by Gasteiger charge is 2.13. The number of fused-ring (bicyclic) bond motifs is 1. The van der Waals surface area contributed by atoms with Gasteiger partial charge in [-0.3, -0.25) is 4.79 Å². The summed E-state index contributed by atoms with van der Waals surface area (Å²) in [6.45, 7) is 6.44. The zero-order chi connectivity index (χ0) is 17.8. The molecule has 0 bridgehead atoms. The van der Waals surface area contributed by atoms with Crippen LogP contribution in [-0.4, -0.2) is 15.3 Å². The van der Waals surface area contributed by atoms with Gasteiger partial charge in [0, 0.05) is 36.1 Å². The molecule has 2 heterocycles. The molecule has 1 N–H and O–H groups in total. The molecule has 0 spiro atoms. The molecule has 0 unspecified atom stereocenters. The number of hydrogen-bond acceptors (Lipinski definition) is 2. The number of carbonyl (C=O) groups excluding carboxylic acids is 1. The van der Waals surface area contributed by atoms with E-state index in [1.54, 1.807) is 0 Å². The molecule has 3 rings (SSSR count). The van der Waals surface area contributed by atoms with Crippen molar-refractivity contribution in [2.75, 3.05) is 0 Å². The molecule has 2 aromatic heterocycles. The first-order valence-electron chi connectivity index (χ1n) is 8.40. The molecule has 4 heteroatoms. The van der Waals surface area contributed by atoms with E-state index in [0.717, 1.165) is 28.9 Å². The van der Waals surface area contributed by atoms with Gasteiger partial charge in [-0.1, -0.05) is 30.9 Å². The van der Waals surface area contributed by atoms with Crippen LogP contribution in [0.15, 0.2) is 42.6 Å². The molecule has 4 nitrogen and oxygen atoms in total. The summed E-state index contributed by atoms with van der Waals surface area (Å²) < 4.78 is 1.93. The molecule has 1 aromatic carbocycles. The lowest BCUT2D eigenvalue weighted by atomic mass is 10.1. The Morgan fingerprint density at radius 3 is 2.68 bits per heavy atom. The van der Waals surface area contributed by atoms with E-state index in [-0.39, 0.29) is 5.91 Å². The topological polar surface area (TPSA) is 46.4 Å². The van der Waals surface area contributed by atoms with Crippen molar-refractivity contribution in [1.82, 2.24) is 14.7 Å². The Balaban J connectivity index is 1.73. The molecule has 3 aromatic rings. The highest BCUT2D eigenvalue weighted by molar-refractivity contribution is 6.00. The number of aryl methyl sites for hydroxylation is 2. The molecule has 0 atom stereocenters. The Morgan fingerprint density at radius 2 is 1.96 bits per heavy atom. The van der Waals surface area contributed by atoms with Crippen LogP contribution in [0.5, 0.6) is 0 Å². The number of benzene rings is 1. The van der Waals surface area contributed by atoms with E-state index in [1.807, 2.05) is 67.8 Å². The lowest BCUT2D eigenvalue weighted by Gasteiger charge is -2.06. The van der Waals surface area contributed by atoms with Crippen LogP contribution in [0.1, 0.15) is 46.2 Å². The average molecular weight is 331 g/mol. The molecule has 126 valence electrons. The number of nitrogens with one attached hydrogen (secondary N) is 1. The van der Waals surface area contributed by atoms with E-state index in [2.05, 4.69) is 22.1 Å². The summed E-state index contributed by atoms with van der Waals surface area (Å²) in [5.74, 6) is 6.03. The van der Waals surface area contributed by atoms with Crippen LogP contribution in [-0.2, 0) is 6.54 Å². The molecular formula is C21H21N3O. The third-order valence-corrected chi connectivity index (χ3v) is 4.00. The Morgan fingerprint density at radius 1 is 1.20 bits per heavy atom. The predicted molar refractivity (Wildman–Crippen MR) is 99.4 cm³/mol. The number of carbonyl (C=O) groups is 1. The van der Waals surface area contributed by atoms with Crippen LogP contribution in [0.2, 0.25) is 0 Å². The monoisotopic (exact) mass is 331 g/mol. The molecular weight excluding hydrogens is 310 g/mol. The molecule has 0 saturated carbocycles. The number of hydrogen-bond donors (Lipinski definition) is 1. The Kier molecular flexibility index (Phi) is 4.85. The Hall–Kier alpha value is -3.06. The third-order valence-electron chi connectivity index (χ3n) is 4.00. The van der Waals surface area contributed by atoms with Crippen LogP contribution in [0, 0.1) is 25.7 Å². The van der Waals surface area contributed by atoms with E-state index in [0.29, 0.717) is 17.8 Å². The maximum absolute atomic E-state index is 12.5. The normalized spacial score (nSPS) is 10.4. The first kappa shape index (κ1) is 16.8. The van der Waals surface area contributed by atoms with Gasteiger partial charge in [0.05, 0.1) is 5.56 Å². The van der Waals surface area contributed by atoms with Gasteiger partial charge in [-0.2, -0.15) is 0 Å². The van der Waals surface area contributed by atoms with E-state index < -0.39 is 0 Å². The fourth-order valence-corrected chi connectivity index (χ4v) is 2.75. The largest absolute Gasteiger partial charge is 0.348 e. The molecule has 0 radical (unpaired) electrons. The predicted octanol–water partition coefficient (Wildman–Crippen LogP) is 3.64. The number of nitrogens with zero attached hydrogens (tertiary/aromatic N) is 2. The van der Waals surface area contributed by atoms with Crippen molar-refractivity contribution in [2.24, 2.45) is 0 Å². The van der Waals surface area contributed by atoms with Crippen molar-refractivity contribution in [3.8, 4) is 11.8 Å². The van der Waals surface area contributed by atoms with Gasteiger partial charge in [-0.05, 0) is 43.7 Å².